The number of carbonyl (C=O) groups excluding carboxylic acids is 2. The Labute approximate surface area is 149 Å². The second-order valence-corrected chi connectivity index (χ2v) is 6.89. The van der Waals surface area contributed by atoms with Crippen LogP contribution in [0.2, 0.25) is 0 Å². The predicted molar refractivity (Wildman–Crippen MR) is 96.9 cm³/mol. The van der Waals surface area contributed by atoms with Crippen LogP contribution in [0.1, 0.15) is 32.8 Å². The number of ether oxygens (including phenoxy) is 2. The molecule has 7 heteroatoms. The van der Waals surface area contributed by atoms with Gasteiger partial charge >= 0.3 is 6.03 Å². The Morgan fingerprint density at radius 1 is 1.16 bits per heavy atom. The van der Waals surface area contributed by atoms with Gasteiger partial charge in [-0.25, -0.2) is 4.79 Å². The molecular formula is C18H29N3O4. The Kier molecular flexibility index (Phi) is 7.70. The van der Waals surface area contributed by atoms with Crippen molar-refractivity contribution in [3.8, 4) is 11.5 Å². The summed E-state index contributed by atoms with van der Waals surface area (Å²) in [6.45, 7) is 6.67. The van der Waals surface area contributed by atoms with Gasteiger partial charge in [-0.1, -0.05) is 12.1 Å². The van der Waals surface area contributed by atoms with E-state index in [0.29, 0.717) is 24.6 Å². The molecule has 0 saturated carbocycles. The zero-order chi connectivity index (χ0) is 19.0. The molecule has 1 aromatic rings. The van der Waals surface area contributed by atoms with E-state index in [9.17, 15) is 9.59 Å². The fraction of sp³-hybridized carbons (Fsp3) is 0.556. The molecule has 2 N–H and O–H groups in total. The topological polar surface area (TPSA) is 79.9 Å². The molecule has 0 radical (unpaired) electrons. The van der Waals surface area contributed by atoms with Crippen LogP contribution in [0.15, 0.2) is 18.2 Å². The Morgan fingerprint density at radius 3 is 2.40 bits per heavy atom. The first-order valence-corrected chi connectivity index (χ1v) is 8.16. The number of imide groups is 1. The molecule has 140 valence electrons. The van der Waals surface area contributed by atoms with Gasteiger partial charge in [0.1, 0.15) is 0 Å². The molecule has 0 aliphatic heterocycles. The van der Waals surface area contributed by atoms with Crippen LogP contribution >= 0.6 is 0 Å². The van der Waals surface area contributed by atoms with Crippen molar-refractivity contribution in [2.75, 3.05) is 27.8 Å². The third-order valence-corrected chi connectivity index (χ3v) is 3.39. The number of para-hydroxylation sites is 1. The van der Waals surface area contributed by atoms with E-state index in [1.807, 2.05) is 50.9 Å². The Hall–Kier alpha value is -2.28. The van der Waals surface area contributed by atoms with Crippen LogP contribution in [-0.4, -0.2) is 50.2 Å². The molecule has 3 amide bonds. The number of hydrogen-bond acceptors (Lipinski definition) is 5. The molecule has 1 rings (SSSR count). The van der Waals surface area contributed by atoms with Gasteiger partial charge < -0.3 is 19.7 Å². The molecule has 0 bridgehead atoms. The van der Waals surface area contributed by atoms with Crippen molar-refractivity contribution in [3.63, 3.8) is 0 Å². The molecule has 0 saturated heterocycles. The van der Waals surface area contributed by atoms with E-state index in [-0.39, 0.29) is 17.9 Å². The van der Waals surface area contributed by atoms with Crippen LogP contribution in [0.3, 0.4) is 0 Å². The van der Waals surface area contributed by atoms with Crippen LogP contribution < -0.4 is 20.1 Å². The first kappa shape index (κ1) is 20.8. The van der Waals surface area contributed by atoms with Crippen molar-refractivity contribution >= 4 is 11.9 Å². The Balaban J connectivity index is 2.51. The molecule has 0 aromatic heterocycles. The van der Waals surface area contributed by atoms with Crippen LogP contribution in [0, 0.1) is 0 Å². The lowest BCUT2D eigenvalue weighted by atomic mass is 10.1. The highest BCUT2D eigenvalue weighted by atomic mass is 16.5. The summed E-state index contributed by atoms with van der Waals surface area (Å²) in [6.07, 6.45) is 0.223. The molecule has 0 unspecified atom stereocenters. The lowest BCUT2D eigenvalue weighted by Crippen LogP contribution is -2.48. The third-order valence-electron chi connectivity index (χ3n) is 3.39. The van der Waals surface area contributed by atoms with Crippen molar-refractivity contribution in [1.82, 2.24) is 15.5 Å². The minimum Gasteiger partial charge on any atom is -0.493 e. The van der Waals surface area contributed by atoms with Crippen LogP contribution in [0.25, 0.3) is 0 Å². The van der Waals surface area contributed by atoms with Crippen LogP contribution in [0.4, 0.5) is 4.79 Å². The zero-order valence-corrected chi connectivity index (χ0v) is 15.9. The van der Waals surface area contributed by atoms with E-state index >= 15 is 0 Å². The summed E-state index contributed by atoms with van der Waals surface area (Å²) >= 11 is 0. The van der Waals surface area contributed by atoms with Gasteiger partial charge in [0, 0.05) is 30.6 Å². The standard InChI is InChI=1S/C18H29N3O4/c1-18(2,3)20-17(23)19-15(22)10-11-21(4)12-13-8-7-9-14(24-5)16(13)25-6/h7-9H,10-12H2,1-6H3,(H2,19,20,22,23). The predicted octanol–water partition coefficient (Wildman–Crippen LogP) is 2.15. The normalized spacial score (nSPS) is 11.2. The van der Waals surface area contributed by atoms with Gasteiger partial charge in [-0.05, 0) is 33.9 Å². The average molecular weight is 351 g/mol. The van der Waals surface area contributed by atoms with Gasteiger partial charge in [0.15, 0.2) is 11.5 Å². The maximum absolute atomic E-state index is 11.9. The number of urea groups is 1. The van der Waals surface area contributed by atoms with Crippen molar-refractivity contribution in [1.29, 1.82) is 0 Å². The summed E-state index contributed by atoms with van der Waals surface area (Å²) in [5, 5.41) is 5.03. The quantitative estimate of drug-likeness (QED) is 0.787. The number of methoxy groups -OCH3 is 2. The van der Waals surface area contributed by atoms with Gasteiger partial charge in [0.05, 0.1) is 14.2 Å². The van der Waals surface area contributed by atoms with E-state index < -0.39 is 6.03 Å². The first-order chi connectivity index (χ1) is 11.7. The van der Waals surface area contributed by atoms with Gasteiger partial charge in [-0.3, -0.25) is 10.1 Å². The zero-order valence-electron chi connectivity index (χ0n) is 15.9. The smallest absolute Gasteiger partial charge is 0.321 e. The number of benzene rings is 1. The van der Waals surface area contributed by atoms with E-state index in [1.54, 1.807) is 14.2 Å². The Morgan fingerprint density at radius 2 is 1.84 bits per heavy atom. The van der Waals surface area contributed by atoms with Crippen molar-refractivity contribution in [2.45, 2.75) is 39.3 Å². The molecule has 0 fully saturated rings. The largest absolute Gasteiger partial charge is 0.493 e. The number of nitrogens with one attached hydrogen (secondary N) is 2. The number of rotatable bonds is 7. The van der Waals surface area contributed by atoms with Crippen LogP contribution in [-0.2, 0) is 11.3 Å². The minimum atomic E-state index is -0.477. The summed E-state index contributed by atoms with van der Waals surface area (Å²) in [4.78, 5) is 25.5. The monoisotopic (exact) mass is 351 g/mol. The highest BCUT2D eigenvalue weighted by molar-refractivity contribution is 5.94. The number of nitrogens with zero attached hydrogens (tertiary/aromatic N) is 1. The molecule has 25 heavy (non-hydrogen) atoms. The van der Waals surface area contributed by atoms with Gasteiger partial charge in [-0.15, -0.1) is 0 Å². The average Bonchev–Trinajstić information content (AvgIpc) is 2.50. The van der Waals surface area contributed by atoms with Gasteiger partial charge in [0.25, 0.3) is 0 Å². The number of hydrogen-bond donors (Lipinski definition) is 2. The molecular weight excluding hydrogens is 322 g/mol. The fourth-order valence-electron chi connectivity index (χ4n) is 2.30. The second kappa shape index (κ2) is 9.27. The molecule has 0 heterocycles. The number of amides is 3. The molecule has 7 nitrogen and oxygen atoms in total. The van der Waals surface area contributed by atoms with E-state index in [2.05, 4.69) is 10.6 Å². The summed E-state index contributed by atoms with van der Waals surface area (Å²) in [5.41, 5.74) is 0.583. The maximum atomic E-state index is 11.9. The number of carbonyl (C=O) groups is 2. The van der Waals surface area contributed by atoms with Crippen molar-refractivity contribution < 1.29 is 19.1 Å². The van der Waals surface area contributed by atoms with Crippen LogP contribution in [0.5, 0.6) is 11.5 Å². The van der Waals surface area contributed by atoms with Gasteiger partial charge in [-0.2, -0.15) is 0 Å². The summed E-state index contributed by atoms with van der Waals surface area (Å²) < 4.78 is 10.7. The van der Waals surface area contributed by atoms with E-state index in [0.717, 1.165) is 5.56 Å². The highest BCUT2D eigenvalue weighted by Crippen LogP contribution is 2.31. The molecule has 0 aliphatic rings. The maximum Gasteiger partial charge on any atom is 0.321 e. The first-order valence-electron chi connectivity index (χ1n) is 8.16. The van der Waals surface area contributed by atoms with E-state index in [4.69, 9.17) is 9.47 Å². The highest BCUT2D eigenvalue weighted by Gasteiger charge is 2.16. The lowest BCUT2D eigenvalue weighted by molar-refractivity contribution is -0.120. The summed E-state index contributed by atoms with van der Waals surface area (Å²) in [7, 11) is 5.10. The molecule has 1 aromatic carbocycles. The van der Waals surface area contributed by atoms with Crippen molar-refractivity contribution in [2.24, 2.45) is 0 Å². The van der Waals surface area contributed by atoms with Gasteiger partial charge in [0.2, 0.25) is 5.91 Å². The molecule has 0 atom stereocenters. The fourth-order valence-corrected chi connectivity index (χ4v) is 2.30. The summed E-state index contributed by atoms with van der Waals surface area (Å²) in [6, 6.07) is 5.21. The lowest BCUT2D eigenvalue weighted by Gasteiger charge is -2.21. The summed E-state index contributed by atoms with van der Waals surface area (Å²) in [5.74, 6) is 1.04. The molecule has 0 spiro atoms. The Bertz CT molecular complexity index is 596. The van der Waals surface area contributed by atoms with E-state index in [1.165, 1.54) is 0 Å². The minimum absolute atomic E-state index is 0.223. The third kappa shape index (κ3) is 7.43. The molecule has 0 aliphatic carbocycles. The van der Waals surface area contributed by atoms with Crippen molar-refractivity contribution in [3.05, 3.63) is 23.8 Å². The second-order valence-electron chi connectivity index (χ2n) is 6.89. The SMILES string of the molecule is COc1cccc(CN(C)CCC(=O)NC(=O)NC(C)(C)C)c1OC.